The molecule has 0 amide bonds. The fourth-order valence-corrected chi connectivity index (χ4v) is 1.63. The van der Waals surface area contributed by atoms with Gasteiger partial charge in [0.15, 0.2) is 0 Å². The molecular formula is C13H11F3O2. The summed E-state index contributed by atoms with van der Waals surface area (Å²) in [4.78, 5) is 0. The van der Waals surface area contributed by atoms with Gasteiger partial charge in [0.25, 0.3) is 5.95 Å². The van der Waals surface area contributed by atoms with Crippen molar-refractivity contribution >= 4 is 0 Å². The van der Waals surface area contributed by atoms with Crippen molar-refractivity contribution in [2.24, 2.45) is 0 Å². The van der Waals surface area contributed by atoms with Crippen molar-refractivity contribution in [3.05, 3.63) is 41.5 Å². The Kier molecular flexibility index (Phi) is 3.07. The fraction of sp³-hybridized carbons (Fsp3) is 0.231. The van der Waals surface area contributed by atoms with E-state index in [1.54, 1.807) is 13.0 Å². The van der Waals surface area contributed by atoms with E-state index in [0.717, 1.165) is 17.7 Å². The van der Waals surface area contributed by atoms with Crippen LogP contribution in [-0.2, 0) is 6.18 Å². The molecule has 0 radical (unpaired) electrons. The fourth-order valence-electron chi connectivity index (χ4n) is 1.63. The van der Waals surface area contributed by atoms with Gasteiger partial charge in [-0.3, -0.25) is 0 Å². The normalized spacial score (nSPS) is 11.6. The summed E-state index contributed by atoms with van der Waals surface area (Å²) in [7, 11) is 1.47. The SMILES string of the molecule is COc1oc(-c2ccc(C(F)(F)F)cc2)cc1C. The summed E-state index contributed by atoms with van der Waals surface area (Å²) < 4.78 is 47.6. The van der Waals surface area contributed by atoms with E-state index in [9.17, 15) is 13.2 Å². The van der Waals surface area contributed by atoms with Crippen LogP contribution in [0.25, 0.3) is 11.3 Å². The quantitative estimate of drug-likeness (QED) is 0.800. The molecule has 1 aromatic carbocycles. The third kappa shape index (κ3) is 2.34. The zero-order valence-corrected chi connectivity index (χ0v) is 9.84. The highest BCUT2D eigenvalue weighted by Crippen LogP contribution is 2.33. The second-order valence-electron chi connectivity index (χ2n) is 3.86. The first kappa shape index (κ1) is 12.5. The predicted molar refractivity (Wildman–Crippen MR) is 60.4 cm³/mol. The van der Waals surface area contributed by atoms with Crippen molar-refractivity contribution in [1.82, 2.24) is 0 Å². The molecule has 0 unspecified atom stereocenters. The molecule has 0 saturated carbocycles. The lowest BCUT2D eigenvalue weighted by atomic mass is 10.1. The molecule has 2 rings (SSSR count). The molecule has 18 heavy (non-hydrogen) atoms. The van der Waals surface area contributed by atoms with E-state index in [4.69, 9.17) is 9.15 Å². The number of furan rings is 1. The Bertz CT molecular complexity index is 538. The largest absolute Gasteiger partial charge is 0.468 e. The third-order valence-corrected chi connectivity index (χ3v) is 2.55. The van der Waals surface area contributed by atoms with Crippen molar-refractivity contribution < 1.29 is 22.3 Å². The smallest absolute Gasteiger partial charge is 0.416 e. The average Bonchev–Trinajstić information content (AvgIpc) is 2.69. The zero-order valence-electron chi connectivity index (χ0n) is 9.84. The van der Waals surface area contributed by atoms with Gasteiger partial charge < -0.3 is 9.15 Å². The number of aryl methyl sites for hydroxylation is 1. The lowest BCUT2D eigenvalue weighted by Crippen LogP contribution is -2.03. The van der Waals surface area contributed by atoms with E-state index >= 15 is 0 Å². The molecule has 0 fully saturated rings. The maximum atomic E-state index is 12.4. The van der Waals surface area contributed by atoms with Crippen LogP contribution in [-0.4, -0.2) is 7.11 Å². The van der Waals surface area contributed by atoms with E-state index in [1.807, 2.05) is 0 Å². The van der Waals surface area contributed by atoms with Gasteiger partial charge in [0.1, 0.15) is 5.76 Å². The number of hydrogen-bond donors (Lipinski definition) is 0. The maximum absolute atomic E-state index is 12.4. The topological polar surface area (TPSA) is 22.4 Å². The van der Waals surface area contributed by atoms with Crippen LogP contribution in [0.1, 0.15) is 11.1 Å². The Balaban J connectivity index is 2.34. The van der Waals surface area contributed by atoms with Crippen LogP contribution >= 0.6 is 0 Å². The molecule has 1 heterocycles. The van der Waals surface area contributed by atoms with Gasteiger partial charge in [0.05, 0.1) is 12.7 Å². The second kappa shape index (κ2) is 4.40. The highest BCUT2D eigenvalue weighted by Gasteiger charge is 2.30. The molecule has 0 bridgehead atoms. The minimum Gasteiger partial charge on any atom is -0.468 e. The second-order valence-corrected chi connectivity index (χ2v) is 3.86. The van der Waals surface area contributed by atoms with Crippen LogP contribution in [0.4, 0.5) is 13.2 Å². The number of halogens is 3. The Labute approximate surface area is 102 Å². The van der Waals surface area contributed by atoms with Crippen molar-refractivity contribution in [2.75, 3.05) is 7.11 Å². The summed E-state index contributed by atoms with van der Waals surface area (Å²) in [6.45, 7) is 1.80. The number of hydrogen-bond acceptors (Lipinski definition) is 2. The predicted octanol–water partition coefficient (Wildman–Crippen LogP) is 4.28. The first-order chi connectivity index (χ1) is 8.41. The van der Waals surface area contributed by atoms with E-state index in [-0.39, 0.29) is 0 Å². The standard InChI is InChI=1S/C13H11F3O2/c1-8-7-11(18-12(8)17-2)9-3-5-10(6-4-9)13(14,15)16/h3-7H,1-2H3. The van der Waals surface area contributed by atoms with Crippen LogP contribution in [0, 0.1) is 6.92 Å². The highest BCUT2D eigenvalue weighted by atomic mass is 19.4. The van der Waals surface area contributed by atoms with Crippen molar-refractivity contribution in [3.8, 4) is 17.3 Å². The highest BCUT2D eigenvalue weighted by molar-refractivity contribution is 5.60. The molecule has 2 aromatic rings. The summed E-state index contributed by atoms with van der Waals surface area (Å²) in [5, 5.41) is 0. The molecule has 0 N–H and O–H groups in total. The van der Waals surface area contributed by atoms with E-state index in [1.165, 1.54) is 19.2 Å². The molecule has 0 saturated heterocycles. The Morgan fingerprint density at radius 3 is 2.17 bits per heavy atom. The molecule has 0 aliphatic rings. The number of methoxy groups -OCH3 is 1. The lowest BCUT2D eigenvalue weighted by Gasteiger charge is -2.06. The van der Waals surface area contributed by atoms with Crippen LogP contribution in [0.2, 0.25) is 0 Å². The molecule has 0 aliphatic carbocycles. The van der Waals surface area contributed by atoms with Crippen molar-refractivity contribution in [2.45, 2.75) is 13.1 Å². The van der Waals surface area contributed by atoms with Crippen LogP contribution < -0.4 is 4.74 Å². The van der Waals surface area contributed by atoms with E-state index in [0.29, 0.717) is 17.3 Å². The monoisotopic (exact) mass is 256 g/mol. The van der Waals surface area contributed by atoms with Crippen molar-refractivity contribution in [3.63, 3.8) is 0 Å². The first-order valence-electron chi connectivity index (χ1n) is 5.24. The average molecular weight is 256 g/mol. The summed E-state index contributed by atoms with van der Waals surface area (Å²) in [5.74, 6) is 0.850. The number of benzene rings is 1. The Morgan fingerprint density at radius 1 is 1.11 bits per heavy atom. The summed E-state index contributed by atoms with van der Waals surface area (Å²) in [5.41, 5.74) is 0.697. The summed E-state index contributed by atoms with van der Waals surface area (Å²) in [6.07, 6.45) is -4.32. The summed E-state index contributed by atoms with van der Waals surface area (Å²) in [6, 6.07) is 6.53. The maximum Gasteiger partial charge on any atom is 0.416 e. The number of alkyl halides is 3. The van der Waals surface area contributed by atoms with Gasteiger partial charge in [-0.2, -0.15) is 13.2 Å². The molecule has 0 aliphatic heterocycles. The zero-order chi connectivity index (χ0) is 13.3. The molecular weight excluding hydrogens is 245 g/mol. The number of rotatable bonds is 2. The first-order valence-corrected chi connectivity index (χ1v) is 5.24. The molecule has 5 heteroatoms. The number of ether oxygens (including phenoxy) is 1. The lowest BCUT2D eigenvalue weighted by molar-refractivity contribution is -0.137. The van der Waals surface area contributed by atoms with Crippen molar-refractivity contribution in [1.29, 1.82) is 0 Å². The van der Waals surface area contributed by atoms with Gasteiger partial charge in [0, 0.05) is 11.1 Å². The van der Waals surface area contributed by atoms with E-state index in [2.05, 4.69) is 0 Å². The van der Waals surface area contributed by atoms with Gasteiger partial charge in [0.2, 0.25) is 0 Å². The Hall–Kier alpha value is -1.91. The van der Waals surface area contributed by atoms with E-state index < -0.39 is 11.7 Å². The Morgan fingerprint density at radius 2 is 1.72 bits per heavy atom. The van der Waals surface area contributed by atoms with Crippen LogP contribution in [0.5, 0.6) is 5.95 Å². The van der Waals surface area contributed by atoms with Gasteiger partial charge in [-0.25, -0.2) is 0 Å². The molecule has 0 atom stereocenters. The minimum atomic E-state index is -4.32. The molecule has 1 aromatic heterocycles. The van der Waals surface area contributed by atoms with Gasteiger partial charge in [-0.05, 0) is 25.1 Å². The van der Waals surface area contributed by atoms with Crippen LogP contribution in [0.3, 0.4) is 0 Å². The summed E-state index contributed by atoms with van der Waals surface area (Å²) >= 11 is 0. The molecule has 2 nitrogen and oxygen atoms in total. The van der Waals surface area contributed by atoms with Gasteiger partial charge >= 0.3 is 6.18 Å². The minimum absolute atomic E-state index is 0.366. The third-order valence-electron chi connectivity index (χ3n) is 2.55. The molecule has 0 spiro atoms. The van der Waals surface area contributed by atoms with Gasteiger partial charge in [-0.15, -0.1) is 0 Å². The molecule has 96 valence electrons. The van der Waals surface area contributed by atoms with Gasteiger partial charge in [-0.1, -0.05) is 12.1 Å². The van der Waals surface area contributed by atoms with Crippen LogP contribution in [0.15, 0.2) is 34.7 Å².